The lowest BCUT2D eigenvalue weighted by molar-refractivity contribution is 0.843. The summed E-state index contributed by atoms with van der Waals surface area (Å²) < 4.78 is 2.38. The Kier molecular flexibility index (Phi) is 1.50. The first-order chi connectivity index (χ1) is 5.68. The Hall–Kier alpha value is -1.17. The minimum atomic E-state index is 0.396. The Balaban J connectivity index is 2.92. The summed E-state index contributed by atoms with van der Waals surface area (Å²) in [4.78, 5) is 8.00. The third-order valence-electron chi connectivity index (χ3n) is 1.45. The van der Waals surface area contributed by atoms with Gasteiger partial charge in [0.2, 0.25) is 0 Å². The molecule has 0 spiro atoms. The molecule has 0 saturated heterocycles. The predicted octanol–water partition coefficient (Wildman–Crippen LogP) is 0.777. The number of halogens is 1. The quantitative estimate of drug-likeness (QED) is 0.723. The second kappa shape index (κ2) is 2.41. The normalized spacial score (nSPS) is 10.8. The van der Waals surface area contributed by atoms with Gasteiger partial charge in [0.05, 0.1) is 6.20 Å². The van der Waals surface area contributed by atoms with Crippen LogP contribution in [-0.2, 0) is 0 Å². The molecule has 0 aromatic carbocycles. The van der Waals surface area contributed by atoms with Gasteiger partial charge in [-0.3, -0.25) is 0 Å². The minimum Gasteiger partial charge on any atom is -0.380 e. The zero-order chi connectivity index (χ0) is 8.72. The van der Waals surface area contributed by atoms with E-state index >= 15 is 0 Å². The van der Waals surface area contributed by atoms with Crippen LogP contribution in [0.5, 0.6) is 0 Å². The van der Waals surface area contributed by atoms with Gasteiger partial charge in [0, 0.05) is 0 Å². The third kappa shape index (κ3) is 0.953. The minimum absolute atomic E-state index is 0.396. The van der Waals surface area contributed by atoms with Gasteiger partial charge in [0.15, 0.2) is 11.5 Å². The predicted molar refractivity (Wildman–Crippen MR) is 47.6 cm³/mol. The lowest BCUT2D eigenvalue weighted by Gasteiger charge is -1.98. The highest BCUT2D eigenvalue weighted by Gasteiger charge is 2.06. The Morgan fingerprint density at radius 2 is 2.33 bits per heavy atom. The maximum absolute atomic E-state index is 5.62. The number of anilines is 1. The van der Waals surface area contributed by atoms with E-state index in [-0.39, 0.29) is 0 Å². The van der Waals surface area contributed by atoms with E-state index in [1.807, 2.05) is 0 Å². The van der Waals surface area contributed by atoms with Crippen LogP contribution in [0, 0.1) is 6.92 Å². The smallest absolute Gasteiger partial charge is 0.197 e. The molecule has 5 nitrogen and oxygen atoms in total. The molecule has 12 heavy (non-hydrogen) atoms. The van der Waals surface area contributed by atoms with E-state index in [4.69, 9.17) is 5.73 Å². The highest BCUT2D eigenvalue weighted by molar-refractivity contribution is 9.10. The van der Waals surface area contributed by atoms with E-state index in [0.717, 1.165) is 4.60 Å². The Bertz CT molecular complexity index is 435. The Morgan fingerprint density at radius 3 is 3.08 bits per heavy atom. The van der Waals surface area contributed by atoms with Crippen LogP contribution in [0.1, 0.15) is 5.82 Å². The van der Waals surface area contributed by atoms with Gasteiger partial charge in [-0.2, -0.15) is 5.10 Å². The standard InChI is InChI=1S/C6H6BrN5/c1-3-10-5(8)6-9-2-4(7)12(6)11-3/h2H,1H3,(H2,8,10,11). The fourth-order valence-electron chi connectivity index (χ4n) is 0.986. The van der Waals surface area contributed by atoms with Crippen LogP contribution in [0.3, 0.4) is 0 Å². The Morgan fingerprint density at radius 1 is 1.58 bits per heavy atom. The number of imidazole rings is 1. The number of nitrogens with zero attached hydrogens (tertiary/aromatic N) is 4. The molecule has 0 aliphatic rings. The van der Waals surface area contributed by atoms with Gasteiger partial charge < -0.3 is 5.73 Å². The van der Waals surface area contributed by atoms with Crippen LogP contribution in [0.15, 0.2) is 10.8 Å². The molecule has 0 bridgehead atoms. The van der Waals surface area contributed by atoms with Crippen molar-refractivity contribution < 1.29 is 0 Å². The van der Waals surface area contributed by atoms with Crippen molar-refractivity contribution in [2.45, 2.75) is 6.92 Å². The van der Waals surface area contributed by atoms with Crippen molar-refractivity contribution in [3.05, 3.63) is 16.6 Å². The first kappa shape index (κ1) is 7.48. The molecule has 6 heteroatoms. The van der Waals surface area contributed by atoms with E-state index < -0.39 is 0 Å². The van der Waals surface area contributed by atoms with Gasteiger partial charge in [0.1, 0.15) is 10.4 Å². The topological polar surface area (TPSA) is 69.1 Å². The molecular formula is C6H6BrN5. The van der Waals surface area contributed by atoms with Gasteiger partial charge >= 0.3 is 0 Å². The average Bonchev–Trinajstić information content (AvgIpc) is 2.33. The van der Waals surface area contributed by atoms with Gasteiger partial charge in [-0.25, -0.2) is 14.5 Å². The molecule has 0 unspecified atom stereocenters. The summed E-state index contributed by atoms with van der Waals surface area (Å²) in [6, 6.07) is 0. The summed E-state index contributed by atoms with van der Waals surface area (Å²) in [7, 11) is 0. The number of fused-ring (bicyclic) bond motifs is 1. The van der Waals surface area contributed by atoms with Crippen LogP contribution in [-0.4, -0.2) is 19.6 Å². The highest BCUT2D eigenvalue weighted by atomic mass is 79.9. The van der Waals surface area contributed by atoms with Crippen LogP contribution < -0.4 is 5.73 Å². The van der Waals surface area contributed by atoms with Crippen molar-refractivity contribution in [1.82, 2.24) is 19.6 Å². The van der Waals surface area contributed by atoms with E-state index in [9.17, 15) is 0 Å². The third-order valence-corrected chi connectivity index (χ3v) is 1.99. The molecule has 0 amide bonds. The van der Waals surface area contributed by atoms with Crippen molar-refractivity contribution in [1.29, 1.82) is 0 Å². The fraction of sp³-hybridized carbons (Fsp3) is 0.167. The van der Waals surface area contributed by atoms with Gasteiger partial charge in [0.25, 0.3) is 0 Å². The van der Waals surface area contributed by atoms with Crippen LogP contribution in [0.25, 0.3) is 5.65 Å². The van der Waals surface area contributed by atoms with E-state index in [2.05, 4.69) is 31.0 Å². The largest absolute Gasteiger partial charge is 0.380 e. The number of hydrogen-bond acceptors (Lipinski definition) is 4. The molecule has 2 heterocycles. The second-order valence-electron chi connectivity index (χ2n) is 2.36. The lowest BCUT2D eigenvalue weighted by atomic mass is 10.6. The summed E-state index contributed by atoms with van der Waals surface area (Å²) in [6.07, 6.45) is 1.64. The molecule has 2 N–H and O–H groups in total. The number of rotatable bonds is 0. The van der Waals surface area contributed by atoms with Crippen molar-refractivity contribution in [2.24, 2.45) is 0 Å². The molecular weight excluding hydrogens is 222 g/mol. The number of aryl methyl sites for hydroxylation is 1. The van der Waals surface area contributed by atoms with Gasteiger partial charge in [-0.15, -0.1) is 0 Å². The molecule has 2 rings (SSSR count). The molecule has 0 saturated carbocycles. The number of aromatic nitrogens is 4. The molecule has 0 atom stereocenters. The maximum atomic E-state index is 5.62. The van der Waals surface area contributed by atoms with Gasteiger partial charge in [-0.1, -0.05) is 0 Å². The molecule has 2 aromatic rings. The summed E-state index contributed by atoms with van der Waals surface area (Å²) in [5.41, 5.74) is 6.19. The van der Waals surface area contributed by atoms with Crippen molar-refractivity contribution in [3.63, 3.8) is 0 Å². The van der Waals surface area contributed by atoms with Crippen LogP contribution >= 0.6 is 15.9 Å². The SMILES string of the molecule is Cc1nc(N)c2ncc(Br)n2n1. The summed E-state index contributed by atoms with van der Waals surface area (Å²) in [5.74, 6) is 1.02. The van der Waals surface area contributed by atoms with Crippen LogP contribution in [0.4, 0.5) is 5.82 Å². The molecule has 62 valence electrons. The maximum Gasteiger partial charge on any atom is 0.197 e. The zero-order valence-corrected chi connectivity index (χ0v) is 7.91. The average molecular weight is 228 g/mol. The fourth-order valence-corrected chi connectivity index (χ4v) is 1.34. The van der Waals surface area contributed by atoms with Gasteiger partial charge in [-0.05, 0) is 22.9 Å². The van der Waals surface area contributed by atoms with Crippen molar-refractivity contribution >= 4 is 27.4 Å². The monoisotopic (exact) mass is 227 g/mol. The van der Waals surface area contributed by atoms with Crippen LogP contribution in [0.2, 0.25) is 0 Å². The number of nitrogen functional groups attached to an aromatic ring is 1. The highest BCUT2D eigenvalue weighted by Crippen LogP contribution is 2.14. The second-order valence-corrected chi connectivity index (χ2v) is 3.17. The molecule has 0 aliphatic carbocycles. The van der Waals surface area contributed by atoms with Crippen molar-refractivity contribution in [2.75, 3.05) is 5.73 Å². The first-order valence-corrected chi connectivity index (χ1v) is 4.11. The number of hydrogen-bond donors (Lipinski definition) is 1. The van der Waals surface area contributed by atoms with E-state index in [0.29, 0.717) is 17.3 Å². The summed E-state index contributed by atoms with van der Waals surface area (Å²) >= 11 is 3.29. The lowest BCUT2D eigenvalue weighted by Crippen LogP contribution is -2.03. The summed E-state index contributed by atoms with van der Waals surface area (Å²) in [6.45, 7) is 1.78. The first-order valence-electron chi connectivity index (χ1n) is 3.32. The molecule has 0 aliphatic heterocycles. The van der Waals surface area contributed by atoms with E-state index in [1.54, 1.807) is 17.6 Å². The zero-order valence-electron chi connectivity index (χ0n) is 6.32. The number of nitrogens with two attached hydrogens (primary N) is 1. The molecule has 0 fully saturated rings. The molecule has 2 aromatic heterocycles. The summed E-state index contributed by atoms with van der Waals surface area (Å²) in [5, 5.41) is 4.11. The van der Waals surface area contributed by atoms with Crippen molar-refractivity contribution in [3.8, 4) is 0 Å². The molecule has 0 radical (unpaired) electrons. The Labute approximate surface area is 76.7 Å². The van der Waals surface area contributed by atoms with E-state index in [1.165, 1.54) is 0 Å².